The van der Waals surface area contributed by atoms with Crippen LogP contribution in [0, 0.1) is 0 Å². The van der Waals surface area contributed by atoms with Gasteiger partial charge in [-0.25, -0.2) is 0 Å². The number of rotatable bonds is 3. The number of likely N-dealkylation sites (tertiary alicyclic amines) is 2. The summed E-state index contributed by atoms with van der Waals surface area (Å²) in [6, 6.07) is 0. The maximum absolute atomic E-state index is 11.4. The third-order valence-corrected chi connectivity index (χ3v) is 4.56. The second kappa shape index (κ2) is 5.82. The van der Waals surface area contributed by atoms with E-state index in [-0.39, 0.29) is 11.8 Å². The van der Waals surface area contributed by atoms with Gasteiger partial charge < -0.3 is 4.90 Å². The van der Waals surface area contributed by atoms with Gasteiger partial charge >= 0.3 is 0 Å². The van der Waals surface area contributed by atoms with Crippen molar-refractivity contribution in [3.05, 3.63) is 0 Å². The highest BCUT2D eigenvalue weighted by atomic mass is 32.2. The van der Waals surface area contributed by atoms with Crippen molar-refractivity contribution in [2.75, 3.05) is 25.4 Å². The average Bonchev–Trinajstić information content (AvgIpc) is 2.93. The molecule has 6 heteroatoms. The van der Waals surface area contributed by atoms with Gasteiger partial charge in [0.15, 0.2) is 0 Å². The Morgan fingerprint density at radius 3 is 2.35 bits per heavy atom. The van der Waals surface area contributed by atoms with Gasteiger partial charge in [-0.2, -0.15) is 0 Å². The summed E-state index contributed by atoms with van der Waals surface area (Å²) < 4.78 is 0.904. The van der Waals surface area contributed by atoms with E-state index in [1.807, 2.05) is 0 Å². The van der Waals surface area contributed by atoms with Crippen LogP contribution in [0.3, 0.4) is 0 Å². The maximum atomic E-state index is 11.4. The van der Waals surface area contributed by atoms with E-state index in [4.69, 9.17) is 12.2 Å². The van der Waals surface area contributed by atoms with Gasteiger partial charge in [0.05, 0.1) is 0 Å². The van der Waals surface area contributed by atoms with Crippen LogP contribution >= 0.6 is 24.0 Å². The molecule has 2 fully saturated rings. The summed E-state index contributed by atoms with van der Waals surface area (Å²) in [5.41, 5.74) is 0. The Labute approximate surface area is 111 Å². The van der Waals surface area contributed by atoms with Crippen LogP contribution in [0.1, 0.15) is 25.7 Å². The van der Waals surface area contributed by atoms with Gasteiger partial charge in [-0.3, -0.25) is 14.5 Å². The van der Waals surface area contributed by atoms with Gasteiger partial charge in [0.1, 0.15) is 4.32 Å². The van der Waals surface area contributed by atoms with Crippen LogP contribution in [0.25, 0.3) is 0 Å². The van der Waals surface area contributed by atoms with Crippen molar-refractivity contribution in [1.82, 2.24) is 9.80 Å². The molecule has 0 unspecified atom stereocenters. The fourth-order valence-corrected chi connectivity index (χ4v) is 3.33. The fourth-order valence-electron chi connectivity index (χ4n) is 2.09. The van der Waals surface area contributed by atoms with Crippen molar-refractivity contribution in [3.8, 4) is 0 Å². The van der Waals surface area contributed by atoms with Crippen molar-refractivity contribution < 1.29 is 9.59 Å². The Hall–Kier alpha value is -0.620. The SMILES string of the molecule is O=C1CCC(=O)N1CCSC(=S)N1CCCC1. The zero-order chi connectivity index (χ0) is 12.3. The standard InChI is InChI=1S/C11H16N2O2S2/c14-9-3-4-10(15)13(9)7-8-17-11(16)12-5-1-2-6-12/h1-8H2. The molecule has 2 amide bonds. The first kappa shape index (κ1) is 12.8. The molecular weight excluding hydrogens is 256 g/mol. The van der Waals surface area contributed by atoms with Gasteiger partial charge in [0, 0.05) is 38.2 Å². The molecular formula is C11H16N2O2S2. The van der Waals surface area contributed by atoms with Gasteiger partial charge in [-0.15, -0.1) is 0 Å². The summed E-state index contributed by atoms with van der Waals surface area (Å²) >= 11 is 6.89. The molecule has 4 nitrogen and oxygen atoms in total. The minimum Gasteiger partial charge on any atom is -0.358 e. The molecule has 0 bridgehead atoms. The molecule has 2 heterocycles. The van der Waals surface area contributed by atoms with E-state index in [0.717, 1.165) is 17.4 Å². The number of hydrogen-bond donors (Lipinski definition) is 0. The quantitative estimate of drug-likeness (QED) is 0.571. The summed E-state index contributed by atoms with van der Waals surface area (Å²) in [6.07, 6.45) is 3.17. The summed E-state index contributed by atoms with van der Waals surface area (Å²) in [7, 11) is 0. The lowest BCUT2D eigenvalue weighted by molar-refractivity contribution is -0.137. The summed E-state index contributed by atoms with van der Waals surface area (Å²) in [5.74, 6) is 0.637. The second-order valence-electron chi connectivity index (χ2n) is 4.25. The molecule has 2 saturated heterocycles. The van der Waals surface area contributed by atoms with Crippen LogP contribution in [0.5, 0.6) is 0 Å². The highest BCUT2D eigenvalue weighted by Gasteiger charge is 2.28. The van der Waals surface area contributed by atoms with E-state index >= 15 is 0 Å². The lowest BCUT2D eigenvalue weighted by atomic mass is 10.4. The Morgan fingerprint density at radius 2 is 1.76 bits per heavy atom. The molecule has 0 saturated carbocycles. The molecule has 2 aliphatic heterocycles. The van der Waals surface area contributed by atoms with Crippen molar-refractivity contribution >= 4 is 40.1 Å². The normalized spacial score (nSPS) is 20.5. The molecule has 0 aromatic rings. The van der Waals surface area contributed by atoms with Crippen molar-refractivity contribution in [3.63, 3.8) is 0 Å². The van der Waals surface area contributed by atoms with Crippen LogP contribution in [0.15, 0.2) is 0 Å². The first-order valence-corrected chi connectivity index (χ1v) is 7.33. The molecule has 2 rings (SSSR count). The average molecular weight is 272 g/mol. The third kappa shape index (κ3) is 3.19. The van der Waals surface area contributed by atoms with Crippen LogP contribution in [-0.4, -0.2) is 51.3 Å². The maximum Gasteiger partial charge on any atom is 0.229 e. The number of hydrogen-bond acceptors (Lipinski definition) is 4. The summed E-state index contributed by atoms with van der Waals surface area (Å²) in [5, 5.41) is 0. The summed E-state index contributed by atoms with van der Waals surface area (Å²) in [4.78, 5) is 26.3. The van der Waals surface area contributed by atoms with Crippen LogP contribution < -0.4 is 0 Å². The molecule has 0 atom stereocenters. The van der Waals surface area contributed by atoms with Crippen LogP contribution in [-0.2, 0) is 9.59 Å². The topological polar surface area (TPSA) is 40.6 Å². The number of amides is 2. The van der Waals surface area contributed by atoms with E-state index in [9.17, 15) is 9.59 Å². The van der Waals surface area contributed by atoms with Crippen molar-refractivity contribution in [2.45, 2.75) is 25.7 Å². The van der Waals surface area contributed by atoms with E-state index in [1.165, 1.54) is 17.7 Å². The fraction of sp³-hybridized carbons (Fsp3) is 0.727. The van der Waals surface area contributed by atoms with Crippen LogP contribution in [0.2, 0.25) is 0 Å². The van der Waals surface area contributed by atoms with Gasteiger partial charge in [0.2, 0.25) is 11.8 Å². The number of thioether (sulfide) groups is 1. The molecule has 94 valence electrons. The molecule has 0 aliphatic carbocycles. The zero-order valence-electron chi connectivity index (χ0n) is 9.68. The molecule has 0 aromatic heterocycles. The molecule has 0 N–H and O–H groups in total. The lowest BCUT2D eigenvalue weighted by Gasteiger charge is -2.19. The monoisotopic (exact) mass is 272 g/mol. The van der Waals surface area contributed by atoms with Crippen molar-refractivity contribution in [1.29, 1.82) is 0 Å². The number of carbonyl (C=O) groups excluding carboxylic acids is 2. The number of carbonyl (C=O) groups is 2. The van der Waals surface area contributed by atoms with E-state index in [0.29, 0.717) is 25.1 Å². The first-order chi connectivity index (χ1) is 8.18. The van der Waals surface area contributed by atoms with E-state index in [2.05, 4.69) is 4.90 Å². The molecule has 0 aromatic carbocycles. The Balaban J connectivity index is 1.70. The Bertz CT molecular complexity index is 324. The first-order valence-electron chi connectivity index (χ1n) is 5.93. The zero-order valence-corrected chi connectivity index (χ0v) is 11.3. The number of imide groups is 1. The van der Waals surface area contributed by atoms with E-state index in [1.54, 1.807) is 11.8 Å². The summed E-state index contributed by atoms with van der Waals surface area (Å²) in [6.45, 7) is 2.59. The smallest absolute Gasteiger partial charge is 0.229 e. The molecule has 2 aliphatic rings. The highest BCUT2D eigenvalue weighted by molar-refractivity contribution is 8.22. The third-order valence-electron chi connectivity index (χ3n) is 3.06. The van der Waals surface area contributed by atoms with Gasteiger partial charge in [0.25, 0.3) is 0 Å². The largest absolute Gasteiger partial charge is 0.358 e. The Kier molecular flexibility index (Phi) is 4.39. The molecule has 0 spiro atoms. The van der Waals surface area contributed by atoms with E-state index < -0.39 is 0 Å². The van der Waals surface area contributed by atoms with Gasteiger partial charge in [-0.1, -0.05) is 24.0 Å². The predicted octanol–water partition coefficient (Wildman–Crippen LogP) is 1.25. The molecule has 0 radical (unpaired) electrons. The van der Waals surface area contributed by atoms with Gasteiger partial charge in [-0.05, 0) is 12.8 Å². The minimum absolute atomic E-state index is 0.0392. The van der Waals surface area contributed by atoms with Crippen molar-refractivity contribution in [2.24, 2.45) is 0 Å². The lowest BCUT2D eigenvalue weighted by Crippen LogP contribution is -2.32. The molecule has 17 heavy (non-hydrogen) atoms. The predicted molar refractivity (Wildman–Crippen MR) is 71.8 cm³/mol. The number of nitrogens with zero attached hydrogens (tertiary/aromatic N) is 2. The minimum atomic E-state index is -0.0392. The van der Waals surface area contributed by atoms with Crippen LogP contribution in [0.4, 0.5) is 0 Å². The number of thiocarbonyl (C=S) groups is 1. The highest BCUT2D eigenvalue weighted by Crippen LogP contribution is 2.18. The Morgan fingerprint density at radius 1 is 1.18 bits per heavy atom. The second-order valence-corrected chi connectivity index (χ2v) is 5.98.